The number of nitrogens with zero attached hydrogens (tertiary/aromatic N) is 2. The molecule has 0 radical (unpaired) electrons. The molecule has 2 aliphatic rings. The third kappa shape index (κ3) is 3.77. The minimum atomic E-state index is 0. The average molecular weight is 331 g/mol. The van der Waals surface area contributed by atoms with Gasteiger partial charge in [-0.2, -0.15) is 0 Å². The molecule has 5 heteroatoms. The van der Waals surface area contributed by atoms with Gasteiger partial charge in [0.05, 0.1) is 0 Å². The van der Waals surface area contributed by atoms with Gasteiger partial charge in [0, 0.05) is 38.8 Å². The van der Waals surface area contributed by atoms with Gasteiger partial charge in [0.25, 0.3) is 0 Å². The molecule has 3 nitrogen and oxygen atoms in total. The third-order valence-electron chi connectivity index (χ3n) is 3.09. The molecule has 0 aromatic rings. The molecule has 14 heavy (non-hydrogen) atoms. The summed E-state index contributed by atoms with van der Waals surface area (Å²) in [6.45, 7) is 7.46. The minimum absolute atomic E-state index is 0. The lowest BCUT2D eigenvalue weighted by molar-refractivity contribution is 0.119. The van der Waals surface area contributed by atoms with Crippen LogP contribution in [0.2, 0.25) is 0 Å². The van der Waals surface area contributed by atoms with Crippen LogP contribution in [-0.4, -0.2) is 62.2 Å². The number of likely N-dealkylation sites (N-methyl/N-ethyl adjacent to an activating group) is 1. The molecule has 1 N–H and O–H groups in total. The summed E-state index contributed by atoms with van der Waals surface area (Å²) in [4.78, 5) is 5.05. The predicted molar refractivity (Wildman–Crippen MR) is 71.0 cm³/mol. The zero-order valence-electron chi connectivity index (χ0n) is 8.74. The largest absolute Gasteiger partial charge is 0.315 e. The lowest BCUT2D eigenvalue weighted by Gasteiger charge is -2.36. The van der Waals surface area contributed by atoms with Crippen molar-refractivity contribution in [3.8, 4) is 0 Å². The highest BCUT2D eigenvalue weighted by Crippen LogP contribution is 2.10. The van der Waals surface area contributed by atoms with E-state index in [1.54, 1.807) is 0 Å². The zero-order valence-corrected chi connectivity index (χ0v) is 12.2. The highest BCUT2D eigenvalue weighted by molar-refractivity contribution is 8.93. The van der Waals surface area contributed by atoms with E-state index in [1.807, 2.05) is 0 Å². The Morgan fingerprint density at radius 1 is 1.07 bits per heavy atom. The molecule has 86 valence electrons. The number of hydrogen-bond acceptors (Lipinski definition) is 3. The molecule has 2 heterocycles. The molecule has 2 fully saturated rings. The Morgan fingerprint density at radius 2 is 1.71 bits per heavy atom. The Balaban J connectivity index is 0.000000845. The second kappa shape index (κ2) is 7.17. The Bertz CT molecular complexity index is 143. The first-order valence-electron chi connectivity index (χ1n) is 4.99. The maximum Gasteiger partial charge on any atom is 0.0233 e. The van der Waals surface area contributed by atoms with Crippen LogP contribution in [0, 0.1) is 0 Å². The summed E-state index contributed by atoms with van der Waals surface area (Å²) in [6.07, 6.45) is 1.35. The predicted octanol–water partition coefficient (Wildman–Crippen LogP) is 0.751. The van der Waals surface area contributed by atoms with E-state index in [4.69, 9.17) is 0 Å². The van der Waals surface area contributed by atoms with Gasteiger partial charge in [-0.05, 0) is 20.0 Å². The van der Waals surface area contributed by atoms with Crippen molar-refractivity contribution in [3.63, 3.8) is 0 Å². The maximum absolute atomic E-state index is 3.43. The fourth-order valence-corrected chi connectivity index (χ4v) is 2.14. The van der Waals surface area contributed by atoms with E-state index in [9.17, 15) is 0 Å². The quantitative estimate of drug-likeness (QED) is 0.765. The average Bonchev–Trinajstić information content (AvgIpc) is 2.58. The SMILES string of the molecule is Br.Br.CN1CCN(C2CCNC2)CC1. The Kier molecular flexibility index (Phi) is 7.60. The van der Waals surface area contributed by atoms with Crippen LogP contribution in [0.15, 0.2) is 0 Å². The first-order chi connectivity index (χ1) is 5.86. The molecule has 0 aromatic heterocycles. The minimum Gasteiger partial charge on any atom is -0.315 e. The molecule has 0 saturated carbocycles. The topological polar surface area (TPSA) is 18.5 Å². The van der Waals surface area contributed by atoms with Crippen LogP contribution in [-0.2, 0) is 0 Å². The van der Waals surface area contributed by atoms with Crippen LogP contribution >= 0.6 is 34.0 Å². The number of rotatable bonds is 1. The monoisotopic (exact) mass is 329 g/mol. The van der Waals surface area contributed by atoms with Gasteiger partial charge in [-0.3, -0.25) is 4.90 Å². The summed E-state index contributed by atoms with van der Waals surface area (Å²) in [5.74, 6) is 0. The highest BCUT2D eigenvalue weighted by atomic mass is 79.9. The van der Waals surface area contributed by atoms with E-state index in [-0.39, 0.29) is 34.0 Å². The molecule has 0 aliphatic carbocycles. The van der Waals surface area contributed by atoms with Gasteiger partial charge in [0.15, 0.2) is 0 Å². The lowest BCUT2D eigenvalue weighted by atomic mass is 10.2. The van der Waals surface area contributed by atoms with Crippen LogP contribution in [0.25, 0.3) is 0 Å². The number of nitrogens with one attached hydrogen (secondary N) is 1. The van der Waals surface area contributed by atoms with Crippen molar-refractivity contribution in [2.45, 2.75) is 12.5 Å². The molecular formula is C9H21Br2N3. The van der Waals surface area contributed by atoms with Gasteiger partial charge in [-0.25, -0.2) is 0 Å². The van der Waals surface area contributed by atoms with Gasteiger partial charge >= 0.3 is 0 Å². The van der Waals surface area contributed by atoms with E-state index < -0.39 is 0 Å². The summed E-state index contributed by atoms with van der Waals surface area (Å²) in [6, 6.07) is 0.832. The summed E-state index contributed by atoms with van der Waals surface area (Å²) in [7, 11) is 2.21. The molecule has 1 atom stereocenters. The van der Waals surface area contributed by atoms with E-state index in [2.05, 4.69) is 22.2 Å². The normalized spacial score (nSPS) is 29.4. The first kappa shape index (κ1) is 14.8. The van der Waals surface area contributed by atoms with Crippen LogP contribution in [0.5, 0.6) is 0 Å². The van der Waals surface area contributed by atoms with Crippen LogP contribution in [0.4, 0.5) is 0 Å². The van der Waals surface area contributed by atoms with Crippen molar-refractivity contribution in [2.75, 3.05) is 46.3 Å². The van der Waals surface area contributed by atoms with Crippen molar-refractivity contribution in [2.24, 2.45) is 0 Å². The van der Waals surface area contributed by atoms with E-state index >= 15 is 0 Å². The van der Waals surface area contributed by atoms with Crippen molar-refractivity contribution in [1.82, 2.24) is 15.1 Å². The van der Waals surface area contributed by atoms with Crippen molar-refractivity contribution in [3.05, 3.63) is 0 Å². The summed E-state index contributed by atoms with van der Waals surface area (Å²) >= 11 is 0. The van der Waals surface area contributed by atoms with Gasteiger partial charge in [0.1, 0.15) is 0 Å². The molecule has 0 bridgehead atoms. The van der Waals surface area contributed by atoms with E-state index in [0.717, 1.165) is 6.04 Å². The van der Waals surface area contributed by atoms with E-state index in [1.165, 1.54) is 45.7 Å². The molecular weight excluding hydrogens is 310 g/mol. The van der Waals surface area contributed by atoms with Crippen molar-refractivity contribution < 1.29 is 0 Å². The number of hydrogen-bond donors (Lipinski definition) is 1. The molecule has 1 unspecified atom stereocenters. The van der Waals surface area contributed by atoms with Gasteiger partial charge in [-0.1, -0.05) is 0 Å². The second-order valence-corrected chi connectivity index (χ2v) is 3.99. The van der Waals surface area contributed by atoms with Crippen LogP contribution in [0.3, 0.4) is 0 Å². The maximum atomic E-state index is 3.43. The molecule has 2 saturated heterocycles. The standard InChI is InChI=1S/C9H19N3.2BrH/c1-11-4-6-12(7-5-11)9-2-3-10-8-9;;/h9-10H,2-8H2,1H3;2*1H. The third-order valence-corrected chi connectivity index (χ3v) is 3.09. The fraction of sp³-hybridized carbons (Fsp3) is 1.00. The summed E-state index contributed by atoms with van der Waals surface area (Å²) < 4.78 is 0. The van der Waals surface area contributed by atoms with Crippen LogP contribution < -0.4 is 5.32 Å². The van der Waals surface area contributed by atoms with Gasteiger partial charge in [-0.15, -0.1) is 34.0 Å². The Hall–Kier alpha value is 0.840. The molecule has 0 amide bonds. The second-order valence-electron chi connectivity index (χ2n) is 3.99. The molecule has 0 spiro atoms. The molecule has 2 rings (SSSR count). The zero-order chi connectivity index (χ0) is 8.39. The number of halogens is 2. The summed E-state index contributed by atoms with van der Waals surface area (Å²) in [5, 5.41) is 3.43. The lowest BCUT2D eigenvalue weighted by Crippen LogP contribution is -2.49. The highest BCUT2D eigenvalue weighted by Gasteiger charge is 2.24. The smallest absolute Gasteiger partial charge is 0.0233 e. The fourth-order valence-electron chi connectivity index (χ4n) is 2.14. The van der Waals surface area contributed by atoms with E-state index in [0.29, 0.717) is 0 Å². The Labute approximate surface area is 108 Å². The first-order valence-corrected chi connectivity index (χ1v) is 4.99. The van der Waals surface area contributed by atoms with Gasteiger partial charge in [0.2, 0.25) is 0 Å². The van der Waals surface area contributed by atoms with Crippen LogP contribution in [0.1, 0.15) is 6.42 Å². The summed E-state index contributed by atoms with van der Waals surface area (Å²) in [5.41, 5.74) is 0. The van der Waals surface area contributed by atoms with Crippen molar-refractivity contribution >= 4 is 34.0 Å². The number of piperazine rings is 1. The molecule has 0 aromatic carbocycles. The molecule has 2 aliphatic heterocycles. The van der Waals surface area contributed by atoms with Gasteiger partial charge < -0.3 is 10.2 Å². The van der Waals surface area contributed by atoms with Crippen molar-refractivity contribution in [1.29, 1.82) is 0 Å². The Morgan fingerprint density at radius 3 is 2.21 bits per heavy atom.